The Morgan fingerprint density at radius 3 is 2.48 bits per heavy atom. The fourth-order valence-electron chi connectivity index (χ4n) is 4.11. The number of carbonyl (C=O) groups excluding carboxylic acids is 2. The van der Waals surface area contributed by atoms with Crippen LogP contribution in [0.15, 0.2) is 66.7 Å². The zero-order chi connectivity index (χ0) is 21.8. The summed E-state index contributed by atoms with van der Waals surface area (Å²) in [6.45, 7) is 0.227. The number of anilines is 2. The summed E-state index contributed by atoms with van der Waals surface area (Å²) in [4.78, 5) is 28.5. The summed E-state index contributed by atoms with van der Waals surface area (Å²) in [6.07, 6.45) is 0. The highest BCUT2D eigenvalue weighted by Crippen LogP contribution is 2.56. The van der Waals surface area contributed by atoms with Gasteiger partial charge in [-0.15, -0.1) is 11.8 Å². The number of nitrogens with zero attached hydrogens (tertiary/aromatic N) is 2. The number of para-hydroxylation sites is 1. The van der Waals surface area contributed by atoms with E-state index in [-0.39, 0.29) is 35.0 Å². The molecule has 0 aliphatic carbocycles. The molecule has 2 heterocycles. The molecule has 3 aromatic carbocycles. The summed E-state index contributed by atoms with van der Waals surface area (Å²) in [5.74, 6) is -1.41. The van der Waals surface area contributed by atoms with E-state index in [0.29, 0.717) is 16.9 Å². The second-order valence-corrected chi connectivity index (χ2v) is 8.87. The standard InChI is InChI=1S/C23H15ClF2N2O2S/c24-18-11-16(9-10-19(18)26)28-21(29)13-31-23(28)17-3-1-2-4-20(17)27(22(23)30)12-14-5-7-15(25)8-6-14/h1-11H,12-13H2/t23-/m0/s1. The van der Waals surface area contributed by atoms with Crippen molar-refractivity contribution in [2.45, 2.75) is 11.4 Å². The molecule has 4 nitrogen and oxygen atoms in total. The number of hydrogen-bond donors (Lipinski definition) is 0. The average Bonchev–Trinajstić information content (AvgIpc) is 3.23. The third-order valence-corrected chi connectivity index (χ3v) is 7.15. The van der Waals surface area contributed by atoms with Crippen molar-refractivity contribution in [2.75, 3.05) is 15.6 Å². The van der Waals surface area contributed by atoms with Crippen molar-refractivity contribution >= 4 is 46.6 Å². The lowest BCUT2D eigenvalue weighted by Crippen LogP contribution is -2.49. The van der Waals surface area contributed by atoms with Gasteiger partial charge in [-0.25, -0.2) is 8.78 Å². The van der Waals surface area contributed by atoms with Gasteiger partial charge in [-0.2, -0.15) is 0 Å². The number of amides is 2. The monoisotopic (exact) mass is 456 g/mol. The van der Waals surface area contributed by atoms with Crippen LogP contribution in [-0.2, 0) is 21.0 Å². The molecule has 2 amide bonds. The highest BCUT2D eigenvalue weighted by molar-refractivity contribution is 8.02. The van der Waals surface area contributed by atoms with E-state index < -0.39 is 10.7 Å². The van der Waals surface area contributed by atoms with Gasteiger partial charge < -0.3 is 4.90 Å². The zero-order valence-electron chi connectivity index (χ0n) is 16.0. The van der Waals surface area contributed by atoms with E-state index in [1.807, 2.05) is 24.3 Å². The third-order valence-electron chi connectivity index (χ3n) is 5.48. The van der Waals surface area contributed by atoms with Gasteiger partial charge in [-0.3, -0.25) is 14.5 Å². The topological polar surface area (TPSA) is 40.6 Å². The van der Waals surface area contributed by atoms with Crippen molar-refractivity contribution in [2.24, 2.45) is 0 Å². The second-order valence-electron chi connectivity index (χ2n) is 7.30. The number of carbonyl (C=O) groups is 2. The van der Waals surface area contributed by atoms with Gasteiger partial charge in [-0.05, 0) is 42.0 Å². The molecule has 0 bridgehead atoms. The van der Waals surface area contributed by atoms with Gasteiger partial charge in [0, 0.05) is 11.3 Å². The van der Waals surface area contributed by atoms with Gasteiger partial charge in [0.1, 0.15) is 11.6 Å². The molecule has 0 radical (unpaired) electrons. The van der Waals surface area contributed by atoms with Crippen molar-refractivity contribution in [3.63, 3.8) is 0 Å². The Bertz CT molecular complexity index is 1220. The first-order valence-electron chi connectivity index (χ1n) is 9.50. The molecule has 0 unspecified atom stereocenters. The summed E-state index contributed by atoms with van der Waals surface area (Å²) in [6, 6.07) is 17.2. The maximum atomic E-state index is 13.9. The number of halogens is 3. The average molecular weight is 457 g/mol. The van der Waals surface area contributed by atoms with Crippen molar-refractivity contribution in [3.05, 3.63) is 94.5 Å². The molecule has 1 saturated heterocycles. The third kappa shape index (κ3) is 3.03. The first-order valence-corrected chi connectivity index (χ1v) is 10.9. The van der Waals surface area contributed by atoms with Crippen molar-refractivity contribution < 1.29 is 18.4 Å². The molecule has 1 fully saturated rings. The Hall–Kier alpha value is -2.90. The van der Waals surface area contributed by atoms with Crippen LogP contribution in [0.5, 0.6) is 0 Å². The van der Waals surface area contributed by atoms with Crippen LogP contribution in [0.1, 0.15) is 11.1 Å². The van der Waals surface area contributed by atoms with Crippen LogP contribution in [-0.4, -0.2) is 17.6 Å². The second kappa shape index (κ2) is 7.35. The van der Waals surface area contributed by atoms with Gasteiger partial charge in [0.2, 0.25) is 10.8 Å². The first kappa shape index (κ1) is 20.0. The predicted octanol–water partition coefficient (Wildman–Crippen LogP) is 5.10. The molecule has 0 saturated carbocycles. The van der Waals surface area contributed by atoms with Gasteiger partial charge in [-0.1, -0.05) is 41.9 Å². The molecule has 156 valence electrons. The van der Waals surface area contributed by atoms with Crippen LogP contribution >= 0.6 is 23.4 Å². The Balaban J connectivity index is 1.63. The minimum Gasteiger partial charge on any atom is -0.304 e. The van der Waals surface area contributed by atoms with Crippen LogP contribution in [0.3, 0.4) is 0 Å². The summed E-state index contributed by atoms with van der Waals surface area (Å²) in [5, 5.41) is -0.126. The largest absolute Gasteiger partial charge is 0.304 e. The molecule has 0 aromatic heterocycles. The molecule has 31 heavy (non-hydrogen) atoms. The molecule has 1 atom stereocenters. The van der Waals surface area contributed by atoms with E-state index in [9.17, 15) is 18.4 Å². The van der Waals surface area contributed by atoms with Crippen molar-refractivity contribution in [3.8, 4) is 0 Å². The van der Waals surface area contributed by atoms with E-state index in [2.05, 4.69) is 0 Å². The van der Waals surface area contributed by atoms with Gasteiger partial charge in [0.05, 0.1) is 23.0 Å². The van der Waals surface area contributed by atoms with Gasteiger partial charge in [0.15, 0.2) is 0 Å². The molecule has 1 spiro atoms. The molecule has 8 heteroatoms. The van der Waals surface area contributed by atoms with E-state index >= 15 is 0 Å². The lowest BCUT2D eigenvalue weighted by molar-refractivity contribution is -0.123. The zero-order valence-corrected chi connectivity index (χ0v) is 17.6. The summed E-state index contributed by atoms with van der Waals surface area (Å²) >= 11 is 7.20. The Morgan fingerprint density at radius 1 is 1.00 bits per heavy atom. The molecule has 5 rings (SSSR count). The van der Waals surface area contributed by atoms with Crippen LogP contribution in [0.25, 0.3) is 0 Å². The Kier molecular flexibility index (Phi) is 4.75. The van der Waals surface area contributed by atoms with Crippen molar-refractivity contribution in [1.29, 1.82) is 0 Å². The van der Waals surface area contributed by atoms with Crippen LogP contribution in [0.4, 0.5) is 20.2 Å². The highest BCUT2D eigenvalue weighted by Gasteiger charge is 2.60. The smallest absolute Gasteiger partial charge is 0.269 e. The molecule has 3 aromatic rings. The molecule has 2 aliphatic heterocycles. The quantitative estimate of drug-likeness (QED) is 0.550. The fourth-order valence-corrected chi connectivity index (χ4v) is 5.64. The van der Waals surface area contributed by atoms with Crippen molar-refractivity contribution in [1.82, 2.24) is 0 Å². The van der Waals surface area contributed by atoms with E-state index in [0.717, 1.165) is 5.56 Å². The lowest BCUT2D eigenvalue weighted by atomic mass is 10.0. The number of benzene rings is 3. The SMILES string of the molecule is O=C1CS[C@@]2(C(=O)N(Cc3ccc(F)cc3)c3ccccc32)N1c1ccc(F)c(Cl)c1. The minimum atomic E-state index is -1.31. The van der Waals surface area contributed by atoms with Crippen LogP contribution < -0.4 is 9.80 Å². The van der Waals surface area contributed by atoms with Crippen LogP contribution in [0, 0.1) is 11.6 Å². The predicted molar refractivity (Wildman–Crippen MR) is 117 cm³/mol. The molecule has 0 N–H and O–H groups in total. The van der Waals surface area contributed by atoms with Crippen LogP contribution in [0.2, 0.25) is 5.02 Å². The van der Waals surface area contributed by atoms with Gasteiger partial charge >= 0.3 is 0 Å². The Morgan fingerprint density at radius 2 is 1.74 bits per heavy atom. The molecular weight excluding hydrogens is 442 g/mol. The highest BCUT2D eigenvalue weighted by atomic mass is 35.5. The summed E-state index contributed by atoms with van der Waals surface area (Å²) in [7, 11) is 0. The number of thioether (sulfide) groups is 1. The number of rotatable bonds is 3. The minimum absolute atomic E-state index is 0.0967. The normalized spacial score (nSPS) is 20.1. The molecular formula is C23H15ClF2N2O2S. The van der Waals surface area contributed by atoms with E-state index in [1.165, 1.54) is 47.0 Å². The summed E-state index contributed by atoms with van der Waals surface area (Å²) in [5.41, 5.74) is 2.47. The Labute approximate surface area is 186 Å². The van der Waals surface area contributed by atoms with E-state index in [1.54, 1.807) is 17.0 Å². The van der Waals surface area contributed by atoms with E-state index in [4.69, 9.17) is 11.6 Å². The molecule has 2 aliphatic rings. The number of hydrogen-bond acceptors (Lipinski definition) is 3. The number of fused-ring (bicyclic) bond motifs is 2. The maximum Gasteiger partial charge on any atom is 0.269 e. The van der Waals surface area contributed by atoms with Gasteiger partial charge in [0.25, 0.3) is 5.91 Å². The summed E-state index contributed by atoms with van der Waals surface area (Å²) < 4.78 is 27.1. The first-order chi connectivity index (χ1) is 14.9. The lowest BCUT2D eigenvalue weighted by Gasteiger charge is -2.33. The fraction of sp³-hybridized carbons (Fsp3) is 0.130. The maximum absolute atomic E-state index is 13.9.